The van der Waals surface area contributed by atoms with Gasteiger partial charge >= 0.3 is 0 Å². The van der Waals surface area contributed by atoms with E-state index >= 15 is 0 Å². The fourth-order valence-corrected chi connectivity index (χ4v) is 1.69. The minimum Gasteiger partial charge on any atom is -0.497 e. The molecule has 0 heterocycles. The summed E-state index contributed by atoms with van der Waals surface area (Å²) in [6.07, 6.45) is 0. The fraction of sp³-hybridized carbons (Fsp3) is 0.625. The van der Waals surface area contributed by atoms with E-state index in [-0.39, 0.29) is 0 Å². The van der Waals surface area contributed by atoms with Crippen LogP contribution < -0.4 is 14.8 Å². The topological polar surface area (TPSA) is 30.5 Å². The van der Waals surface area contributed by atoms with Gasteiger partial charge in [0.2, 0.25) is 0 Å². The number of hydrogen-bond acceptors (Lipinski definition) is 3. The molecule has 1 rings (SSSR count). The second-order valence-corrected chi connectivity index (χ2v) is 5.70. The van der Waals surface area contributed by atoms with Crippen LogP contribution in [0, 0.1) is 11.8 Å². The molecule has 0 aromatic heterocycles. The molecule has 0 amide bonds. The van der Waals surface area contributed by atoms with Gasteiger partial charge in [-0.2, -0.15) is 0 Å². The highest BCUT2D eigenvalue weighted by molar-refractivity contribution is 5.40. The van der Waals surface area contributed by atoms with Crippen LogP contribution in [0.4, 0.5) is 0 Å². The zero-order chi connectivity index (χ0) is 14.3. The Morgan fingerprint density at radius 3 is 2.42 bits per heavy atom. The Morgan fingerprint density at radius 2 is 1.84 bits per heavy atom. The van der Waals surface area contributed by atoms with Gasteiger partial charge in [-0.25, -0.2) is 0 Å². The summed E-state index contributed by atoms with van der Waals surface area (Å²) in [7, 11) is 1.68. The van der Waals surface area contributed by atoms with Gasteiger partial charge in [0.15, 0.2) is 0 Å². The van der Waals surface area contributed by atoms with Gasteiger partial charge in [-0.05, 0) is 24.4 Å². The molecule has 1 N–H and O–H groups in total. The van der Waals surface area contributed by atoms with Crippen molar-refractivity contribution in [3.8, 4) is 11.5 Å². The largest absolute Gasteiger partial charge is 0.497 e. The highest BCUT2D eigenvalue weighted by atomic mass is 16.5. The molecule has 1 aromatic rings. The Bertz CT molecular complexity index is 375. The van der Waals surface area contributed by atoms with Gasteiger partial charge in [0.25, 0.3) is 0 Å². The molecule has 0 aliphatic carbocycles. The molecule has 108 valence electrons. The van der Waals surface area contributed by atoms with Gasteiger partial charge in [0.05, 0.1) is 13.7 Å². The lowest BCUT2D eigenvalue weighted by Gasteiger charge is -2.15. The first-order valence-corrected chi connectivity index (χ1v) is 7.03. The molecule has 3 nitrogen and oxygen atoms in total. The third-order valence-electron chi connectivity index (χ3n) is 2.71. The first kappa shape index (κ1) is 15.8. The second-order valence-electron chi connectivity index (χ2n) is 5.70. The van der Waals surface area contributed by atoms with Crippen LogP contribution in [0.15, 0.2) is 18.2 Å². The summed E-state index contributed by atoms with van der Waals surface area (Å²) in [6.45, 7) is 11.3. The van der Waals surface area contributed by atoms with Crippen LogP contribution in [0.3, 0.4) is 0 Å². The highest BCUT2D eigenvalue weighted by Gasteiger charge is 2.07. The van der Waals surface area contributed by atoms with Gasteiger partial charge in [-0.15, -0.1) is 0 Å². The molecule has 0 saturated heterocycles. The molecule has 0 aliphatic heterocycles. The molecule has 0 atom stereocenters. The Balaban J connectivity index is 2.70. The maximum absolute atomic E-state index is 5.88. The van der Waals surface area contributed by atoms with E-state index in [1.54, 1.807) is 7.11 Å². The quantitative estimate of drug-likeness (QED) is 0.780. The van der Waals surface area contributed by atoms with Crippen molar-refractivity contribution < 1.29 is 9.47 Å². The van der Waals surface area contributed by atoms with Crippen LogP contribution >= 0.6 is 0 Å². The van der Waals surface area contributed by atoms with E-state index in [9.17, 15) is 0 Å². The number of hydrogen-bond donors (Lipinski definition) is 1. The molecule has 0 saturated carbocycles. The summed E-state index contributed by atoms with van der Waals surface area (Å²) in [5.41, 5.74) is 1.18. The van der Waals surface area contributed by atoms with Crippen LogP contribution in [0.25, 0.3) is 0 Å². The van der Waals surface area contributed by atoms with Crippen LogP contribution in [0.5, 0.6) is 11.5 Å². The molecule has 0 radical (unpaired) electrons. The normalized spacial score (nSPS) is 11.1. The van der Waals surface area contributed by atoms with Gasteiger partial charge in [-0.3, -0.25) is 0 Å². The summed E-state index contributed by atoms with van der Waals surface area (Å²) in [5, 5.41) is 3.45. The average Bonchev–Trinajstić information content (AvgIpc) is 2.36. The SMILES string of the molecule is COc1ccc(CNCC(C)C)c(OCC(C)C)c1. The Kier molecular flexibility index (Phi) is 6.71. The van der Waals surface area contributed by atoms with E-state index in [4.69, 9.17) is 9.47 Å². The van der Waals surface area contributed by atoms with Gasteiger partial charge in [-0.1, -0.05) is 33.8 Å². The van der Waals surface area contributed by atoms with Crippen LogP contribution in [-0.4, -0.2) is 20.3 Å². The summed E-state index contributed by atoms with van der Waals surface area (Å²) in [5.74, 6) is 2.93. The smallest absolute Gasteiger partial charge is 0.127 e. The zero-order valence-electron chi connectivity index (χ0n) is 12.8. The zero-order valence-corrected chi connectivity index (χ0v) is 12.8. The van der Waals surface area contributed by atoms with Crippen molar-refractivity contribution in [2.45, 2.75) is 34.2 Å². The third kappa shape index (κ3) is 5.97. The van der Waals surface area contributed by atoms with Crippen LogP contribution in [0.2, 0.25) is 0 Å². The van der Waals surface area contributed by atoms with E-state index in [0.717, 1.165) is 31.2 Å². The van der Waals surface area contributed by atoms with Gasteiger partial charge in [0.1, 0.15) is 11.5 Å². The van der Waals surface area contributed by atoms with Crippen molar-refractivity contribution in [3.63, 3.8) is 0 Å². The molecule has 0 unspecified atom stereocenters. The fourth-order valence-electron chi connectivity index (χ4n) is 1.69. The second kappa shape index (κ2) is 8.05. The Labute approximate surface area is 117 Å². The first-order chi connectivity index (χ1) is 9.02. The summed E-state index contributed by atoms with van der Waals surface area (Å²) in [4.78, 5) is 0. The van der Waals surface area contributed by atoms with Gasteiger partial charge < -0.3 is 14.8 Å². The van der Waals surface area contributed by atoms with Crippen molar-refractivity contribution in [2.24, 2.45) is 11.8 Å². The maximum atomic E-state index is 5.88. The van der Waals surface area contributed by atoms with E-state index in [0.29, 0.717) is 11.8 Å². The first-order valence-electron chi connectivity index (χ1n) is 7.03. The highest BCUT2D eigenvalue weighted by Crippen LogP contribution is 2.25. The summed E-state index contributed by atoms with van der Waals surface area (Å²) < 4.78 is 11.1. The minimum atomic E-state index is 0.516. The van der Waals surface area contributed by atoms with Crippen LogP contribution in [0.1, 0.15) is 33.3 Å². The molecular weight excluding hydrogens is 238 g/mol. The van der Waals surface area contributed by atoms with Crippen molar-refractivity contribution in [1.29, 1.82) is 0 Å². The Hall–Kier alpha value is -1.22. The van der Waals surface area contributed by atoms with E-state index in [1.807, 2.05) is 12.1 Å². The predicted molar refractivity (Wildman–Crippen MR) is 79.9 cm³/mol. The summed E-state index contributed by atoms with van der Waals surface area (Å²) >= 11 is 0. The lowest BCUT2D eigenvalue weighted by molar-refractivity contribution is 0.266. The maximum Gasteiger partial charge on any atom is 0.127 e. The molecule has 0 spiro atoms. The van der Waals surface area contributed by atoms with E-state index in [1.165, 1.54) is 5.56 Å². The van der Waals surface area contributed by atoms with Crippen molar-refractivity contribution in [3.05, 3.63) is 23.8 Å². The molecule has 0 aliphatic rings. The monoisotopic (exact) mass is 265 g/mol. The number of ether oxygens (including phenoxy) is 2. The molecule has 1 aromatic carbocycles. The summed E-state index contributed by atoms with van der Waals surface area (Å²) in [6, 6.07) is 6.02. The molecule has 19 heavy (non-hydrogen) atoms. The number of benzene rings is 1. The lowest BCUT2D eigenvalue weighted by Crippen LogP contribution is -2.19. The third-order valence-corrected chi connectivity index (χ3v) is 2.71. The number of nitrogens with one attached hydrogen (secondary N) is 1. The van der Waals surface area contributed by atoms with Crippen LogP contribution in [-0.2, 0) is 6.54 Å². The molecule has 3 heteroatoms. The lowest BCUT2D eigenvalue weighted by atomic mass is 10.1. The van der Waals surface area contributed by atoms with Crippen molar-refractivity contribution in [2.75, 3.05) is 20.3 Å². The van der Waals surface area contributed by atoms with E-state index in [2.05, 4.69) is 39.1 Å². The number of rotatable bonds is 8. The minimum absolute atomic E-state index is 0.516. The molecular formula is C16H27NO2. The van der Waals surface area contributed by atoms with E-state index < -0.39 is 0 Å². The standard InChI is InChI=1S/C16H27NO2/c1-12(2)9-17-10-14-6-7-15(18-5)8-16(14)19-11-13(3)4/h6-8,12-13,17H,9-11H2,1-5H3. The molecule has 0 fully saturated rings. The van der Waals surface area contributed by atoms with Crippen molar-refractivity contribution >= 4 is 0 Å². The predicted octanol–water partition coefficient (Wildman–Crippen LogP) is 3.48. The molecule has 0 bridgehead atoms. The van der Waals surface area contributed by atoms with Crippen molar-refractivity contribution in [1.82, 2.24) is 5.32 Å². The number of methoxy groups -OCH3 is 1. The Morgan fingerprint density at radius 1 is 1.11 bits per heavy atom. The average molecular weight is 265 g/mol. The van der Waals surface area contributed by atoms with Gasteiger partial charge in [0, 0.05) is 18.2 Å².